The molecule has 0 fully saturated rings. The summed E-state index contributed by atoms with van der Waals surface area (Å²) >= 11 is 0. The highest BCUT2D eigenvalue weighted by atomic mass is 16.3. The number of anilines is 2. The van der Waals surface area contributed by atoms with Gasteiger partial charge in [0.15, 0.2) is 5.69 Å². The van der Waals surface area contributed by atoms with Gasteiger partial charge < -0.3 is 27.2 Å². The van der Waals surface area contributed by atoms with Crippen LogP contribution in [0.15, 0.2) is 53.4 Å². The third-order valence-corrected chi connectivity index (χ3v) is 6.49. The summed E-state index contributed by atoms with van der Waals surface area (Å²) < 4.78 is 0. The molecule has 1 aliphatic heterocycles. The number of hydrogen-bond donors (Lipinski definition) is 5. The van der Waals surface area contributed by atoms with Gasteiger partial charge in [-0.3, -0.25) is 4.79 Å². The first-order valence-corrected chi connectivity index (χ1v) is 11.7. The Morgan fingerprint density at radius 3 is 2.39 bits per heavy atom. The maximum atomic E-state index is 12.8. The van der Waals surface area contributed by atoms with Crippen molar-refractivity contribution < 1.29 is 9.90 Å². The van der Waals surface area contributed by atoms with Crippen molar-refractivity contribution in [2.24, 2.45) is 22.1 Å². The second-order valence-corrected chi connectivity index (χ2v) is 10.2. The van der Waals surface area contributed by atoms with Crippen LogP contribution in [0.2, 0.25) is 0 Å². The summed E-state index contributed by atoms with van der Waals surface area (Å²) in [5.74, 6) is 0.263. The SMILES string of the molecule is CC(C)C(C)(C1=CNC(C)(c2cnc(N)nc2)C=C1)C(N)=NC(=O)c1ccc(NCC(C)(C)O)nn1. The maximum absolute atomic E-state index is 12.8. The van der Waals surface area contributed by atoms with Crippen molar-refractivity contribution in [3.63, 3.8) is 0 Å². The molecule has 3 heterocycles. The van der Waals surface area contributed by atoms with Gasteiger partial charge in [0, 0.05) is 30.7 Å². The van der Waals surface area contributed by atoms with E-state index in [2.05, 4.69) is 35.8 Å². The number of aromatic nitrogens is 4. The summed E-state index contributed by atoms with van der Waals surface area (Å²) in [6.45, 7) is 11.6. The standard InChI is InChI=1S/C25H35N9O2/c1-15(2)25(6,16-9-10-24(5,31-13-16)17-11-28-22(27)29-12-17)21(26)32-20(35)18-7-8-19(34-33-18)30-14-23(3,4)36/h7-13,15,31,36H,14H2,1-6H3,(H,30,34)(H2,26,32,35)(H2,27,28,29). The van der Waals surface area contributed by atoms with Gasteiger partial charge in [-0.1, -0.05) is 26.0 Å². The second-order valence-electron chi connectivity index (χ2n) is 10.2. The van der Waals surface area contributed by atoms with Gasteiger partial charge in [0.25, 0.3) is 5.91 Å². The zero-order chi connectivity index (χ0) is 26.7. The highest BCUT2D eigenvalue weighted by molar-refractivity contribution is 6.04. The molecule has 0 aromatic carbocycles. The fraction of sp³-hybridized carbons (Fsp3) is 0.440. The van der Waals surface area contributed by atoms with Crippen LogP contribution in [0.3, 0.4) is 0 Å². The maximum Gasteiger partial charge on any atom is 0.299 e. The van der Waals surface area contributed by atoms with E-state index in [1.165, 1.54) is 6.07 Å². The predicted octanol–water partition coefficient (Wildman–Crippen LogP) is 2.15. The van der Waals surface area contributed by atoms with Crippen LogP contribution in [0, 0.1) is 11.3 Å². The average molecular weight is 494 g/mol. The van der Waals surface area contributed by atoms with Gasteiger partial charge in [0.1, 0.15) is 11.7 Å². The fourth-order valence-electron chi connectivity index (χ4n) is 3.60. The molecule has 1 amide bonds. The van der Waals surface area contributed by atoms with Crippen LogP contribution in [0.5, 0.6) is 0 Å². The second kappa shape index (κ2) is 10.0. The van der Waals surface area contributed by atoms with E-state index in [4.69, 9.17) is 11.5 Å². The lowest BCUT2D eigenvalue weighted by Crippen LogP contribution is -2.44. The summed E-state index contributed by atoms with van der Waals surface area (Å²) in [7, 11) is 0. The third kappa shape index (κ3) is 5.85. The molecule has 11 nitrogen and oxygen atoms in total. The number of amides is 1. The first-order chi connectivity index (χ1) is 16.7. The molecule has 0 saturated heterocycles. The van der Waals surface area contributed by atoms with E-state index in [1.807, 2.05) is 46.0 Å². The molecule has 2 atom stereocenters. The van der Waals surface area contributed by atoms with Crippen molar-refractivity contribution in [2.75, 3.05) is 17.6 Å². The molecule has 0 saturated carbocycles. The van der Waals surface area contributed by atoms with Crippen LogP contribution in [-0.2, 0) is 5.54 Å². The molecule has 2 unspecified atom stereocenters. The Morgan fingerprint density at radius 1 is 1.22 bits per heavy atom. The molecular weight excluding hydrogens is 458 g/mol. The molecule has 11 heteroatoms. The molecule has 3 rings (SSSR count). The lowest BCUT2D eigenvalue weighted by Gasteiger charge is -2.38. The van der Waals surface area contributed by atoms with Gasteiger partial charge in [-0.05, 0) is 51.3 Å². The Balaban J connectivity index is 1.80. The highest BCUT2D eigenvalue weighted by Crippen LogP contribution is 2.39. The third-order valence-electron chi connectivity index (χ3n) is 6.49. The number of carbonyl (C=O) groups excluding carboxylic acids is 1. The van der Waals surface area contributed by atoms with Crippen molar-refractivity contribution in [3.8, 4) is 0 Å². The van der Waals surface area contributed by atoms with E-state index >= 15 is 0 Å². The smallest absolute Gasteiger partial charge is 0.299 e. The Hall–Kier alpha value is -3.86. The summed E-state index contributed by atoms with van der Waals surface area (Å²) in [6, 6.07) is 3.13. The van der Waals surface area contributed by atoms with Crippen LogP contribution in [0.1, 0.15) is 57.6 Å². The van der Waals surface area contributed by atoms with Crippen LogP contribution in [0.4, 0.5) is 11.8 Å². The zero-order valence-corrected chi connectivity index (χ0v) is 21.6. The molecule has 7 N–H and O–H groups in total. The van der Waals surface area contributed by atoms with E-state index in [9.17, 15) is 9.90 Å². The summed E-state index contributed by atoms with van der Waals surface area (Å²) in [4.78, 5) is 25.2. The van der Waals surface area contributed by atoms with Gasteiger partial charge in [-0.2, -0.15) is 4.99 Å². The topological polar surface area (TPSA) is 177 Å². The number of nitrogens with two attached hydrogens (primary N) is 2. The van der Waals surface area contributed by atoms with E-state index in [-0.39, 0.29) is 29.9 Å². The minimum absolute atomic E-state index is 0.0236. The van der Waals surface area contributed by atoms with Gasteiger partial charge in [-0.15, -0.1) is 10.2 Å². The van der Waals surface area contributed by atoms with E-state index in [0.717, 1.165) is 11.1 Å². The van der Waals surface area contributed by atoms with Crippen molar-refractivity contribution in [2.45, 2.75) is 52.7 Å². The number of nitrogens with one attached hydrogen (secondary N) is 2. The number of aliphatic imine (C=N–C) groups is 1. The molecule has 2 aromatic rings. The van der Waals surface area contributed by atoms with Gasteiger partial charge in [-0.25, -0.2) is 9.97 Å². The summed E-state index contributed by atoms with van der Waals surface area (Å²) in [5, 5.41) is 24.1. The molecule has 0 radical (unpaired) electrons. The summed E-state index contributed by atoms with van der Waals surface area (Å²) in [5.41, 5.74) is 11.7. The Labute approximate surface area is 211 Å². The number of dihydropyridines is 1. The average Bonchev–Trinajstić information content (AvgIpc) is 2.82. The lowest BCUT2D eigenvalue weighted by atomic mass is 9.70. The van der Waals surface area contributed by atoms with Crippen LogP contribution in [-0.4, -0.2) is 49.2 Å². The van der Waals surface area contributed by atoms with Crippen molar-refractivity contribution in [1.82, 2.24) is 25.5 Å². The van der Waals surface area contributed by atoms with Crippen LogP contribution >= 0.6 is 0 Å². The molecule has 0 spiro atoms. The van der Waals surface area contributed by atoms with Gasteiger partial charge >= 0.3 is 0 Å². The highest BCUT2D eigenvalue weighted by Gasteiger charge is 2.39. The fourth-order valence-corrected chi connectivity index (χ4v) is 3.60. The van der Waals surface area contributed by atoms with Crippen molar-refractivity contribution in [1.29, 1.82) is 0 Å². The Kier molecular flexibility index (Phi) is 7.44. The largest absolute Gasteiger partial charge is 0.389 e. The molecule has 1 aliphatic rings. The number of aliphatic hydroxyl groups is 1. The Bertz CT molecular complexity index is 1180. The quantitative estimate of drug-likeness (QED) is 0.270. The minimum Gasteiger partial charge on any atom is -0.389 e. The first-order valence-electron chi connectivity index (χ1n) is 11.7. The van der Waals surface area contributed by atoms with E-state index in [0.29, 0.717) is 5.82 Å². The zero-order valence-electron chi connectivity index (χ0n) is 21.6. The predicted molar refractivity (Wildman–Crippen MR) is 140 cm³/mol. The number of hydrogen-bond acceptors (Lipinski definition) is 9. The van der Waals surface area contributed by atoms with E-state index < -0.39 is 22.5 Å². The minimum atomic E-state index is -0.909. The normalized spacial score (nSPS) is 19.9. The van der Waals surface area contributed by atoms with Crippen LogP contribution in [0.25, 0.3) is 0 Å². The van der Waals surface area contributed by atoms with Crippen molar-refractivity contribution >= 4 is 23.5 Å². The molecule has 36 heavy (non-hydrogen) atoms. The van der Waals surface area contributed by atoms with E-state index in [1.54, 1.807) is 32.3 Å². The van der Waals surface area contributed by atoms with Crippen LogP contribution < -0.4 is 22.1 Å². The number of nitrogen functional groups attached to an aromatic ring is 1. The van der Waals surface area contributed by atoms with Gasteiger partial charge in [0.2, 0.25) is 5.95 Å². The van der Waals surface area contributed by atoms with Crippen molar-refractivity contribution in [3.05, 3.63) is 59.7 Å². The molecule has 2 aromatic heterocycles. The number of allylic oxidation sites excluding steroid dienone is 1. The Morgan fingerprint density at radius 2 is 1.89 bits per heavy atom. The molecule has 0 bridgehead atoms. The van der Waals surface area contributed by atoms with Gasteiger partial charge in [0.05, 0.1) is 16.6 Å². The summed E-state index contributed by atoms with van der Waals surface area (Å²) in [6.07, 6.45) is 9.22. The molecular formula is C25H35N9O2. The molecule has 192 valence electrons. The number of rotatable bonds is 8. The number of amidine groups is 1. The number of carbonyl (C=O) groups is 1. The number of nitrogens with zero attached hydrogens (tertiary/aromatic N) is 5. The lowest BCUT2D eigenvalue weighted by molar-refractivity contribution is 0.0942. The monoisotopic (exact) mass is 493 g/mol. The molecule has 0 aliphatic carbocycles. The first kappa shape index (κ1) is 26.7.